The lowest BCUT2D eigenvalue weighted by molar-refractivity contribution is -0.130. The van der Waals surface area contributed by atoms with Gasteiger partial charge in [0.15, 0.2) is 0 Å². The molecule has 25 heavy (non-hydrogen) atoms. The van der Waals surface area contributed by atoms with Crippen LogP contribution in [0, 0.1) is 11.8 Å². The Morgan fingerprint density at radius 3 is 2.76 bits per heavy atom. The van der Waals surface area contributed by atoms with E-state index >= 15 is 0 Å². The summed E-state index contributed by atoms with van der Waals surface area (Å²) >= 11 is 0. The number of aryl methyl sites for hydroxylation is 1. The van der Waals surface area contributed by atoms with E-state index in [1.54, 1.807) is 4.90 Å². The van der Waals surface area contributed by atoms with Crippen molar-refractivity contribution in [1.29, 1.82) is 0 Å². The van der Waals surface area contributed by atoms with Gasteiger partial charge in [0.2, 0.25) is 11.8 Å². The summed E-state index contributed by atoms with van der Waals surface area (Å²) in [6, 6.07) is 8.26. The number of hydrogen-bond acceptors (Lipinski definition) is 3. The van der Waals surface area contributed by atoms with Crippen LogP contribution in [0.25, 0.3) is 0 Å². The van der Waals surface area contributed by atoms with E-state index in [2.05, 4.69) is 6.07 Å². The molecule has 1 aliphatic carbocycles. The van der Waals surface area contributed by atoms with E-state index in [-0.39, 0.29) is 30.3 Å². The summed E-state index contributed by atoms with van der Waals surface area (Å²) in [6.45, 7) is 2.13. The number of anilines is 1. The Kier molecular flexibility index (Phi) is 5.35. The van der Waals surface area contributed by atoms with Crippen LogP contribution in [0.1, 0.15) is 31.2 Å². The molecule has 1 aromatic rings. The fourth-order valence-electron chi connectivity index (χ4n) is 4.62. The van der Waals surface area contributed by atoms with Gasteiger partial charge in [-0.2, -0.15) is 0 Å². The summed E-state index contributed by atoms with van der Waals surface area (Å²) in [4.78, 5) is 28.6. The molecule has 0 radical (unpaired) electrons. The molecule has 2 aliphatic heterocycles. The predicted octanol–water partition coefficient (Wildman–Crippen LogP) is 1.97. The molecule has 2 heterocycles. The minimum absolute atomic E-state index is 0. The first kappa shape index (κ1) is 18.2. The van der Waals surface area contributed by atoms with Crippen molar-refractivity contribution < 1.29 is 9.59 Å². The zero-order valence-corrected chi connectivity index (χ0v) is 15.2. The molecule has 5 nitrogen and oxygen atoms in total. The first-order valence-corrected chi connectivity index (χ1v) is 9.05. The minimum Gasteiger partial charge on any atom is -0.342 e. The molecule has 136 valence electrons. The average Bonchev–Trinajstić information content (AvgIpc) is 3.16. The number of nitrogens with two attached hydrogens (primary N) is 1. The van der Waals surface area contributed by atoms with E-state index in [0.717, 1.165) is 38.0 Å². The van der Waals surface area contributed by atoms with Crippen molar-refractivity contribution >= 4 is 29.9 Å². The van der Waals surface area contributed by atoms with Crippen LogP contribution in [-0.2, 0) is 16.0 Å². The summed E-state index contributed by atoms with van der Waals surface area (Å²) in [7, 11) is 0. The quantitative estimate of drug-likeness (QED) is 0.892. The van der Waals surface area contributed by atoms with Crippen molar-refractivity contribution in [2.24, 2.45) is 17.6 Å². The van der Waals surface area contributed by atoms with Crippen molar-refractivity contribution in [3.63, 3.8) is 0 Å². The number of hydrogen-bond donors (Lipinski definition) is 1. The number of fused-ring (bicyclic) bond motifs is 2. The highest BCUT2D eigenvalue weighted by atomic mass is 35.5. The second kappa shape index (κ2) is 7.34. The van der Waals surface area contributed by atoms with E-state index in [4.69, 9.17) is 5.73 Å². The molecular formula is C19H26ClN3O2. The Hall–Kier alpha value is -1.59. The van der Waals surface area contributed by atoms with Crippen LogP contribution >= 0.6 is 12.4 Å². The molecule has 3 atom stereocenters. The van der Waals surface area contributed by atoms with Crippen molar-refractivity contribution in [3.8, 4) is 0 Å². The number of carbonyl (C=O) groups excluding carboxylic acids is 2. The van der Waals surface area contributed by atoms with Crippen LogP contribution in [0.3, 0.4) is 0 Å². The standard InChI is InChI=1S/C19H25N3O2.ClH/c20-16-7-5-14-11-21(12-15(14)16)18(23)9-10-22-17-4-2-1-3-13(17)6-8-19(22)24;/h1-4,14-16H,5-12,20H2;1H. The van der Waals surface area contributed by atoms with Gasteiger partial charge in [-0.3, -0.25) is 9.59 Å². The number of likely N-dealkylation sites (tertiary alicyclic amines) is 1. The van der Waals surface area contributed by atoms with Crippen molar-refractivity contribution in [1.82, 2.24) is 4.90 Å². The Labute approximate surface area is 154 Å². The third-order valence-electron chi connectivity index (χ3n) is 6.01. The number of para-hydroxylation sites is 1. The lowest BCUT2D eigenvalue weighted by Gasteiger charge is -2.30. The molecule has 0 bridgehead atoms. The van der Waals surface area contributed by atoms with Crippen LogP contribution in [-0.4, -0.2) is 42.4 Å². The smallest absolute Gasteiger partial charge is 0.227 e. The highest BCUT2D eigenvalue weighted by Crippen LogP contribution is 2.37. The van der Waals surface area contributed by atoms with E-state index in [9.17, 15) is 9.59 Å². The Morgan fingerprint density at radius 2 is 1.96 bits per heavy atom. The van der Waals surface area contributed by atoms with Gasteiger partial charge >= 0.3 is 0 Å². The van der Waals surface area contributed by atoms with Gasteiger partial charge in [0.25, 0.3) is 0 Å². The maximum absolute atomic E-state index is 12.6. The van der Waals surface area contributed by atoms with Gasteiger partial charge in [-0.25, -0.2) is 0 Å². The number of halogens is 1. The molecule has 1 aromatic carbocycles. The zero-order valence-electron chi connectivity index (χ0n) is 14.4. The monoisotopic (exact) mass is 363 g/mol. The molecule has 4 rings (SSSR count). The van der Waals surface area contributed by atoms with Crippen LogP contribution in [0.4, 0.5) is 5.69 Å². The molecule has 2 amide bonds. The molecule has 3 aliphatic rings. The lowest BCUT2D eigenvalue weighted by atomic mass is 9.98. The third kappa shape index (κ3) is 3.40. The molecule has 0 spiro atoms. The maximum Gasteiger partial charge on any atom is 0.227 e. The normalized spacial score (nSPS) is 27.7. The van der Waals surface area contributed by atoms with Crippen LogP contribution in [0.2, 0.25) is 0 Å². The molecule has 0 aromatic heterocycles. The van der Waals surface area contributed by atoms with Crippen molar-refractivity contribution in [2.45, 2.75) is 38.1 Å². The van der Waals surface area contributed by atoms with Crippen LogP contribution < -0.4 is 10.6 Å². The zero-order chi connectivity index (χ0) is 16.7. The van der Waals surface area contributed by atoms with Gasteiger partial charge in [-0.05, 0) is 42.7 Å². The minimum atomic E-state index is 0. The average molecular weight is 364 g/mol. The van der Waals surface area contributed by atoms with Gasteiger partial charge < -0.3 is 15.5 Å². The molecule has 2 N–H and O–H groups in total. The van der Waals surface area contributed by atoms with Gasteiger partial charge in [0, 0.05) is 44.2 Å². The Bertz CT molecular complexity index is 666. The number of carbonyl (C=O) groups is 2. The summed E-state index contributed by atoms with van der Waals surface area (Å²) in [5.74, 6) is 1.35. The maximum atomic E-state index is 12.6. The van der Waals surface area contributed by atoms with Crippen molar-refractivity contribution in [2.75, 3.05) is 24.5 Å². The fraction of sp³-hybridized carbons (Fsp3) is 0.579. The molecule has 2 fully saturated rings. The van der Waals surface area contributed by atoms with Crippen LogP contribution in [0.5, 0.6) is 0 Å². The fourth-order valence-corrected chi connectivity index (χ4v) is 4.62. The second-order valence-corrected chi connectivity index (χ2v) is 7.39. The SMILES string of the molecule is Cl.NC1CCC2CN(C(=O)CCN3C(=O)CCc4ccccc43)CC12. The van der Waals surface area contributed by atoms with Crippen molar-refractivity contribution in [3.05, 3.63) is 29.8 Å². The van der Waals surface area contributed by atoms with Gasteiger partial charge in [0.05, 0.1) is 0 Å². The number of amides is 2. The summed E-state index contributed by atoms with van der Waals surface area (Å²) in [6.07, 6.45) is 3.97. The van der Waals surface area contributed by atoms with Gasteiger partial charge in [-0.15, -0.1) is 12.4 Å². The molecule has 3 unspecified atom stereocenters. The Balaban J connectivity index is 0.00000182. The number of rotatable bonds is 3. The van der Waals surface area contributed by atoms with E-state index in [0.29, 0.717) is 31.2 Å². The second-order valence-electron chi connectivity index (χ2n) is 7.39. The van der Waals surface area contributed by atoms with Gasteiger partial charge in [0.1, 0.15) is 0 Å². The molecule has 1 saturated heterocycles. The van der Waals surface area contributed by atoms with E-state index in [1.165, 1.54) is 5.56 Å². The highest BCUT2D eigenvalue weighted by molar-refractivity contribution is 5.97. The lowest BCUT2D eigenvalue weighted by Crippen LogP contribution is -2.39. The summed E-state index contributed by atoms with van der Waals surface area (Å²) in [5, 5.41) is 0. The van der Waals surface area contributed by atoms with E-state index in [1.807, 2.05) is 23.1 Å². The topological polar surface area (TPSA) is 66.6 Å². The first-order chi connectivity index (χ1) is 11.6. The van der Waals surface area contributed by atoms with E-state index < -0.39 is 0 Å². The van der Waals surface area contributed by atoms with Gasteiger partial charge in [-0.1, -0.05) is 18.2 Å². The molecule has 6 heteroatoms. The highest BCUT2D eigenvalue weighted by Gasteiger charge is 2.42. The number of benzene rings is 1. The summed E-state index contributed by atoms with van der Waals surface area (Å²) < 4.78 is 0. The Morgan fingerprint density at radius 1 is 1.16 bits per heavy atom. The number of nitrogens with zero attached hydrogens (tertiary/aromatic N) is 2. The first-order valence-electron chi connectivity index (χ1n) is 9.05. The predicted molar refractivity (Wildman–Crippen MR) is 99.8 cm³/mol. The van der Waals surface area contributed by atoms with Crippen LogP contribution in [0.15, 0.2) is 24.3 Å². The summed E-state index contributed by atoms with van der Waals surface area (Å²) in [5.41, 5.74) is 8.33. The third-order valence-corrected chi connectivity index (χ3v) is 6.01. The molecule has 1 saturated carbocycles. The molecular weight excluding hydrogens is 338 g/mol. The largest absolute Gasteiger partial charge is 0.342 e.